The fourth-order valence-corrected chi connectivity index (χ4v) is 0.682. The average molecular weight is 163 g/mol. The summed E-state index contributed by atoms with van der Waals surface area (Å²) in [4.78, 5) is 11.4. The highest BCUT2D eigenvalue weighted by atomic mass is 15.8. The van der Waals surface area contributed by atoms with Gasteiger partial charge < -0.3 is 0 Å². The SMILES string of the molecule is C1=NNN(c2ncncn2)N=C1. The van der Waals surface area contributed by atoms with E-state index in [2.05, 4.69) is 30.7 Å². The highest BCUT2D eigenvalue weighted by Crippen LogP contribution is 2.01. The molecule has 0 saturated carbocycles. The summed E-state index contributed by atoms with van der Waals surface area (Å²) in [6, 6.07) is 0. The number of aromatic nitrogens is 3. The van der Waals surface area contributed by atoms with Gasteiger partial charge in [0.25, 0.3) is 5.95 Å². The molecule has 7 heteroatoms. The molecule has 0 amide bonds. The van der Waals surface area contributed by atoms with Crippen LogP contribution in [-0.4, -0.2) is 27.4 Å². The lowest BCUT2D eigenvalue weighted by Gasteiger charge is -2.15. The van der Waals surface area contributed by atoms with E-state index in [-0.39, 0.29) is 0 Å². The molecule has 1 aromatic rings. The largest absolute Gasteiger partial charge is 0.270 e. The van der Waals surface area contributed by atoms with Gasteiger partial charge in [0.1, 0.15) is 12.7 Å². The molecule has 0 atom stereocenters. The second-order valence-corrected chi connectivity index (χ2v) is 1.89. The van der Waals surface area contributed by atoms with E-state index in [9.17, 15) is 0 Å². The van der Waals surface area contributed by atoms with Gasteiger partial charge >= 0.3 is 0 Å². The van der Waals surface area contributed by atoms with Crippen LogP contribution < -0.4 is 10.7 Å². The van der Waals surface area contributed by atoms with Crippen LogP contribution in [0.3, 0.4) is 0 Å². The van der Waals surface area contributed by atoms with Crippen molar-refractivity contribution in [2.45, 2.75) is 0 Å². The Hall–Kier alpha value is -2.05. The lowest BCUT2D eigenvalue weighted by atomic mass is 10.8. The van der Waals surface area contributed by atoms with Crippen LogP contribution in [0.15, 0.2) is 22.9 Å². The minimum Gasteiger partial charge on any atom is -0.225 e. The monoisotopic (exact) mass is 163 g/mol. The Balaban J connectivity index is 2.21. The molecule has 0 unspecified atom stereocenters. The number of hydrazone groups is 2. The molecule has 1 aromatic heterocycles. The van der Waals surface area contributed by atoms with Gasteiger partial charge in [-0.25, -0.2) is 4.98 Å². The minimum atomic E-state index is 0.401. The van der Waals surface area contributed by atoms with Gasteiger partial charge in [-0.3, -0.25) is 0 Å². The zero-order valence-corrected chi connectivity index (χ0v) is 5.99. The molecule has 1 N–H and O–H groups in total. The quantitative estimate of drug-likeness (QED) is 0.584. The number of rotatable bonds is 1. The molecule has 0 saturated heterocycles. The van der Waals surface area contributed by atoms with E-state index in [4.69, 9.17) is 0 Å². The maximum absolute atomic E-state index is 3.89. The van der Waals surface area contributed by atoms with Crippen LogP contribution in [0, 0.1) is 0 Å². The summed E-state index contributed by atoms with van der Waals surface area (Å²) < 4.78 is 0. The summed E-state index contributed by atoms with van der Waals surface area (Å²) in [6.45, 7) is 0. The van der Waals surface area contributed by atoms with E-state index >= 15 is 0 Å². The standard InChI is InChI=1S/C5H5N7/c1-2-10-12(11-9-1)5-7-3-6-4-8-5/h1-4,11H. The molecule has 1 aliphatic heterocycles. The van der Waals surface area contributed by atoms with Crippen molar-refractivity contribution in [1.82, 2.24) is 20.5 Å². The van der Waals surface area contributed by atoms with Crippen molar-refractivity contribution in [2.24, 2.45) is 10.2 Å². The average Bonchev–Trinajstić information content (AvgIpc) is 2.21. The van der Waals surface area contributed by atoms with Crippen molar-refractivity contribution in [3.05, 3.63) is 12.7 Å². The number of hydrogen-bond acceptors (Lipinski definition) is 7. The van der Waals surface area contributed by atoms with Gasteiger partial charge in [0.2, 0.25) is 0 Å². The van der Waals surface area contributed by atoms with Crippen LogP contribution in [0.5, 0.6) is 0 Å². The lowest BCUT2D eigenvalue weighted by molar-refractivity contribution is 0.657. The van der Waals surface area contributed by atoms with Crippen molar-refractivity contribution >= 4 is 18.4 Å². The van der Waals surface area contributed by atoms with Crippen molar-refractivity contribution < 1.29 is 0 Å². The van der Waals surface area contributed by atoms with Crippen molar-refractivity contribution in [1.29, 1.82) is 0 Å². The van der Waals surface area contributed by atoms with E-state index in [1.165, 1.54) is 30.2 Å². The third-order valence-electron chi connectivity index (χ3n) is 1.14. The Kier molecular flexibility index (Phi) is 1.61. The lowest BCUT2D eigenvalue weighted by Crippen LogP contribution is -2.33. The van der Waals surface area contributed by atoms with Gasteiger partial charge in [0, 0.05) is 0 Å². The molecular formula is C5H5N7. The summed E-state index contributed by atoms with van der Waals surface area (Å²) in [6.07, 6.45) is 5.83. The summed E-state index contributed by atoms with van der Waals surface area (Å²) in [7, 11) is 0. The second-order valence-electron chi connectivity index (χ2n) is 1.89. The molecule has 2 heterocycles. The third kappa shape index (κ3) is 1.19. The number of anilines is 1. The molecule has 1 aliphatic rings. The number of hydrazine groups is 1. The number of nitrogens with one attached hydrogen (secondary N) is 1. The molecule has 2 rings (SSSR count). The predicted molar refractivity (Wildman–Crippen MR) is 42.4 cm³/mol. The minimum absolute atomic E-state index is 0.401. The van der Waals surface area contributed by atoms with Crippen LogP contribution in [0.1, 0.15) is 0 Å². The Morgan fingerprint density at radius 2 is 2.00 bits per heavy atom. The summed E-state index contributed by atoms with van der Waals surface area (Å²) in [5.41, 5.74) is 2.59. The summed E-state index contributed by atoms with van der Waals surface area (Å²) in [5.74, 6) is 0.401. The molecule has 0 spiro atoms. The van der Waals surface area contributed by atoms with E-state index in [1.54, 1.807) is 0 Å². The first-order chi connectivity index (χ1) is 5.97. The van der Waals surface area contributed by atoms with Gasteiger partial charge in [-0.15, -0.1) is 5.12 Å². The fourth-order valence-electron chi connectivity index (χ4n) is 0.682. The summed E-state index contributed by atoms with van der Waals surface area (Å²) >= 11 is 0. The first-order valence-electron chi connectivity index (χ1n) is 3.20. The van der Waals surface area contributed by atoms with Gasteiger partial charge in [-0.2, -0.15) is 25.7 Å². The Labute approximate surface area is 67.8 Å². The van der Waals surface area contributed by atoms with Gasteiger partial charge in [-0.1, -0.05) is 0 Å². The molecule has 0 fully saturated rings. The van der Waals surface area contributed by atoms with Crippen molar-refractivity contribution in [2.75, 3.05) is 5.12 Å². The first kappa shape index (κ1) is 6.65. The maximum Gasteiger partial charge on any atom is 0.270 e. The molecule has 0 bridgehead atoms. The Bertz CT molecular complexity index is 305. The number of hydrogen-bond donors (Lipinski definition) is 1. The Morgan fingerprint density at radius 3 is 2.67 bits per heavy atom. The van der Waals surface area contributed by atoms with Crippen LogP contribution in [0.2, 0.25) is 0 Å². The zero-order chi connectivity index (χ0) is 8.23. The van der Waals surface area contributed by atoms with Crippen LogP contribution in [-0.2, 0) is 0 Å². The maximum atomic E-state index is 3.89. The predicted octanol–water partition coefficient (Wildman–Crippen LogP) is -0.832. The smallest absolute Gasteiger partial charge is 0.225 e. The van der Waals surface area contributed by atoms with Crippen molar-refractivity contribution in [3.63, 3.8) is 0 Å². The van der Waals surface area contributed by atoms with E-state index in [1.807, 2.05) is 0 Å². The Morgan fingerprint density at radius 1 is 1.17 bits per heavy atom. The molecule has 0 aromatic carbocycles. The fraction of sp³-hybridized carbons (Fsp3) is 0. The highest BCUT2D eigenvalue weighted by molar-refractivity contribution is 6.16. The van der Waals surface area contributed by atoms with Gasteiger partial charge in [-0.05, 0) is 0 Å². The van der Waals surface area contributed by atoms with E-state index in [0.29, 0.717) is 5.95 Å². The van der Waals surface area contributed by atoms with Crippen LogP contribution in [0.4, 0.5) is 5.95 Å². The molecule has 7 nitrogen and oxygen atoms in total. The van der Waals surface area contributed by atoms with Crippen LogP contribution in [0.25, 0.3) is 0 Å². The molecular weight excluding hydrogens is 158 g/mol. The van der Waals surface area contributed by atoms with Crippen LogP contribution >= 0.6 is 0 Å². The topological polar surface area (TPSA) is 78.7 Å². The molecule has 0 radical (unpaired) electrons. The number of nitrogens with zero attached hydrogens (tertiary/aromatic N) is 6. The normalized spacial score (nSPS) is 14.5. The van der Waals surface area contributed by atoms with E-state index in [0.717, 1.165) is 0 Å². The molecule has 0 aliphatic carbocycles. The second kappa shape index (κ2) is 2.91. The van der Waals surface area contributed by atoms with Gasteiger partial charge in [0.05, 0.1) is 12.4 Å². The molecule has 12 heavy (non-hydrogen) atoms. The zero-order valence-electron chi connectivity index (χ0n) is 5.99. The first-order valence-corrected chi connectivity index (χ1v) is 3.20. The highest BCUT2D eigenvalue weighted by Gasteiger charge is 2.06. The summed E-state index contributed by atoms with van der Waals surface area (Å²) in [5, 5.41) is 8.97. The molecule has 60 valence electrons. The van der Waals surface area contributed by atoms with E-state index < -0.39 is 0 Å². The third-order valence-corrected chi connectivity index (χ3v) is 1.14. The van der Waals surface area contributed by atoms with Crippen molar-refractivity contribution in [3.8, 4) is 0 Å². The van der Waals surface area contributed by atoms with Gasteiger partial charge in [0.15, 0.2) is 0 Å².